The van der Waals surface area contributed by atoms with E-state index in [0.29, 0.717) is 27.4 Å². The highest BCUT2D eigenvalue weighted by molar-refractivity contribution is 7.98. The van der Waals surface area contributed by atoms with Crippen LogP contribution in [0.4, 0.5) is 0 Å². The number of benzene rings is 2. The van der Waals surface area contributed by atoms with Crippen LogP contribution in [0.2, 0.25) is 10.0 Å². The summed E-state index contributed by atoms with van der Waals surface area (Å²) in [6.07, 6.45) is 7.40. The predicted molar refractivity (Wildman–Crippen MR) is 142 cm³/mol. The van der Waals surface area contributed by atoms with E-state index in [9.17, 15) is 4.79 Å². The van der Waals surface area contributed by atoms with Crippen molar-refractivity contribution in [1.29, 1.82) is 0 Å². The zero-order valence-electron chi connectivity index (χ0n) is 19.8. The largest absolute Gasteiger partial charge is 0.346 e. The second kappa shape index (κ2) is 13.8. The van der Waals surface area contributed by atoms with Crippen LogP contribution in [0.3, 0.4) is 0 Å². The second-order valence-corrected chi connectivity index (χ2v) is 10.1. The first-order valence-corrected chi connectivity index (χ1v) is 13.6. The van der Waals surface area contributed by atoms with Gasteiger partial charge in [-0.05, 0) is 37.1 Å². The van der Waals surface area contributed by atoms with E-state index in [4.69, 9.17) is 23.2 Å². The number of thioether (sulfide) groups is 1. The van der Waals surface area contributed by atoms with Gasteiger partial charge >= 0.3 is 0 Å². The third-order valence-electron chi connectivity index (χ3n) is 5.54. The number of unbranched alkanes of at least 4 members (excludes halogenated alkanes) is 5. The number of carbonyl (C=O) groups excluding carboxylic acids is 1. The topological polar surface area (TPSA) is 59.8 Å². The molecule has 1 aromatic heterocycles. The van der Waals surface area contributed by atoms with Crippen LogP contribution in [0.25, 0.3) is 5.69 Å². The van der Waals surface area contributed by atoms with E-state index in [-0.39, 0.29) is 11.9 Å². The first kappa shape index (κ1) is 26.6. The van der Waals surface area contributed by atoms with Gasteiger partial charge in [0.15, 0.2) is 11.0 Å². The van der Waals surface area contributed by atoms with Crippen LogP contribution >= 0.6 is 35.0 Å². The van der Waals surface area contributed by atoms with Gasteiger partial charge < -0.3 is 5.32 Å². The number of rotatable bonds is 13. The summed E-state index contributed by atoms with van der Waals surface area (Å²) in [5, 5.41) is 13.7. The summed E-state index contributed by atoms with van der Waals surface area (Å²) in [6.45, 7) is 4.13. The van der Waals surface area contributed by atoms with Crippen LogP contribution in [-0.2, 0) is 10.5 Å². The lowest BCUT2D eigenvalue weighted by Crippen LogP contribution is -2.28. The van der Waals surface area contributed by atoms with Crippen LogP contribution in [0.5, 0.6) is 0 Å². The van der Waals surface area contributed by atoms with E-state index >= 15 is 0 Å². The Hall–Kier alpha value is -2.02. The molecule has 5 nitrogen and oxygen atoms in total. The molecule has 0 saturated heterocycles. The van der Waals surface area contributed by atoms with Crippen molar-refractivity contribution in [3.8, 4) is 5.69 Å². The predicted octanol–water partition coefficient (Wildman–Crippen LogP) is 7.79. The van der Waals surface area contributed by atoms with Crippen molar-refractivity contribution in [2.45, 2.75) is 75.7 Å². The molecule has 0 saturated carbocycles. The van der Waals surface area contributed by atoms with Crippen LogP contribution in [-0.4, -0.2) is 20.7 Å². The molecule has 1 N–H and O–H groups in total. The molecule has 1 unspecified atom stereocenters. The first-order chi connectivity index (χ1) is 16.5. The van der Waals surface area contributed by atoms with E-state index in [1.807, 2.05) is 35.8 Å². The lowest BCUT2D eigenvalue weighted by Gasteiger charge is -2.17. The van der Waals surface area contributed by atoms with Crippen molar-refractivity contribution in [2.75, 3.05) is 0 Å². The summed E-state index contributed by atoms with van der Waals surface area (Å²) in [4.78, 5) is 12.6. The minimum Gasteiger partial charge on any atom is -0.346 e. The van der Waals surface area contributed by atoms with Crippen molar-refractivity contribution in [1.82, 2.24) is 20.1 Å². The van der Waals surface area contributed by atoms with Crippen molar-refractivity contribution >= 4 is 40.9 Å². The standard InChI is InChI=1S/C26H32Cl2N4OS/c1-3-4-5-6-7-11-14-24(33)29-19(2)25-30-31-26(34-18-20-12-9-8-10-13-20)32(25)23-16-15-21(27)17-22(23)28/h8-10,12-13,15-17,19H,3-7,11,14,18H2,1-2H3,(H,29,33). The van der Waals surface area contributed by atoms with Crippen LogP contribution < -0.4 is 5.32 Å². The van der Waals surface area contributed by atoms with Crippen molar-refractivity contribution in [3.05, 3.63) is 70.0 Å². The minimum atomic E-state index is -0.321. The average molecular weight is 520 g/mol. The normalized spacial score (nSPS) is 12.0. The van der Waals surface area contributed by atoms with Crippen molar-refractivity contribution < 1.29 is 4.79 Å². The molecule has 1 atom stereocenters. The Kier molecular flexibility index (Phi) is 10.8. The Labute approximate surface area is 216 Å². The van der Waals surface area contributed by atoms with Gasteiger partial charge in [-0.3, -0.25) is 9.36 Å². The van der Waals surface area contributed by atoms with Crippen molar-refractivity contribution in [3.63, 3.8) is 0 Å². The highest BCUT2D eigenvalue weighted by atomic mass is 35.5. The van der Waals surface area contributed by atoms with E-state index in [1.54, 1.807) is 23.9 Å². The Balaban J connectivity index is 1.74. The number of nitrogens with one attached hydrogen (secondary N) is 1. The van der Waals surface area contributed by atoms with Gasteiger partial charge in [0.25, 0.3) is 0 Å². The fourth-order valence-electron chi connectivity index (χ4n) is 3.71. The molecule has 3 aromatic rings. The maximum atomic E-state index is 12.6. The van der Waals surface area contributed by atoms with Gasteiger partial charge in [0.05, 0.1) is 16.8 Å². The SMILES string of the molecule is CCCCCCCCC(=O)NC(C)c1nnc(SCc2ccccc2)n1-c1ccc(Cl)cc1Cl. The molecular formula is C26H32Cl2N4OS. The molecule has 34 heavy (non-hydrogen) atoms. The number of halogens is 2. The molecule has 0 radical (unpaired) electrons. The van der Waals surface area contributed by atoms with E-state index in [1.165, 1.54) is 31.2 Å². The Morgan fingerprint density at radius 1 is 1.03 bits per heavy atom. The van der Waals surface area contributed by atoms with E-state index < -0.39 is 0 Å². The zero-order valence-corrected chi connectivity index (χ0v) is 22.1. The number of carbonyl (C=O) groups is 1. The van der Waals surface area contributed by atoms with E-state index in [0.717, 1.165) is 24.3 Å². The average Bonchev–Trinajstić information content (AvgIpc) is 3.24. The number of hydrogen-bond donors (Lipinski definition) is 1. The number of amides is 1. The zero-order chi connectivity index (χ0) is 24.3. The van der Waals surface area contributed by atoms with Crippen LogP contribution in [0, 0.1) is 0 Å². The molecular weight excluding hydrogens is 487 g/mol. The van der Waals surface area contributed by atoms with Gasteiger partial charge in [0, 0.05) is 17.2 Å². The molecule has 1 heterocycles. The maximum absolute atomic E-state index is 12.6. The molecule has 0 aliphatic rings. The summed E-state index contributed by atoms with van der Waals surface area (Å²) in [7, 11) is 0. The molecule has 1 amide bonds. The highest BCUT2D eigenvalue weighted by Gasteiger charge is 2.22. The minimum absolute atomic E-state index is 0.0261. The lowest BCUT2D eigenvalue weighted by molar-refractivity contribution is -0.121. The lowest BCUT2D eigenvalue weighted by atomic mass is 10.1. The third kappa shape index (κ3) is 7.76. The second-order valence-electron chi connectivity index (χ2n) is 8.35. The number of nitrogens with zero attached hydrogens (tertiary/aromatic N) is 3. The molecule has 0 spiro atoms. The van der Waals surface area contributed by atoms with Gasteiger partial charge in [-0.25, -0.2) is 0 Å². The van der Waals surface area contributed by atoms with Gasteiger partial charge in [-0.15, -0.1) is 10.2 Å². The van der Waals surface area contributed by atoms with Gasteiger partial charge in [-0.2, -0.15) is 0 Å². The summed E-state index contributed by atoms with van der Waals surface area (Å²) in [5.74, 6) is 1.40. The molecule has 0 bridgehead atoms. The smallest absolute Gasteiger partial charge is 0.220 e. The van der Waals surface area contributed by atoms with E-state index in [2.05, 4.69) is 34.6 Å². The summed E-state index contributed by atoms with van der Waals surface area (Å²) < 4.78 is 1.92. The third-order valence-corrected chi connectivity index (χ3v) is 7.08. The Morgan fingerprint density at radius 3 is 2.50 bits per heavy atom. The molecule has 0 aliphatic carbocycles. The first-order valence-electron chi connectivity index (χ1n) is 11.9. The molecule has 182 valence electrons. The van der Waals surface area contributed by atoms with Gasteiger partial charge in [0.1, 0.15) is 0 Å². The Morgan fingerprint density at radius 2 is 1.76 bits per heavy atom. The fourth-order valence-corrected chi connectivity index (χ4v) is 5.11. The summed E-state index contributed by atoms with van der Waals surface area (Å²) in [6, 6.07) is 15.2. The number of aromatic nitrogens is 3. The molecule has 2 aromatic carbocycles. The van der Waals surface area contributed by atoms with Gasteiger partial charge in [0.2, 0.25) is 5.91 Å². The maximum Gasteiger partial charge on any atom is 0.220 e. The van der Waals surface area contributed by atoms with Crippen LogP contribution in [0.1, 0.15) is 76.2 Å². The molecule has 3 rings (SSSR count). The summed E-state index contributed by atoms with van der Waals surface area (Å²) in [5.41, 5.74) is 1.92. The molecule has 8 heteroatoms. The molecule has 0 fully saturated rings. The van der Waals surface area contributed by atoms with Gasteiger partial charge in [-0.1, -0.05) is 104 Å². The van der Waals surface area contributed by atoms with Crippen molar-refractivity contribution in [2.24, 2.45) is 0 Å². The monoisotopic (exact) mass is 518 g/mol. The fraction of sp³-hybridized carbons (Fsp3) is 0.423. The summed E-state index contributed by atoms with van der Waals surface area (Å²) >= 11 is 14.3. The highest BCUT2D eigenvalue weighted by Crippen LogP contribution is 2.32. The molecule has 0 aliphatic heterocycles. The quantitative estimate of drug-likeness (QED) is 0.185. The Bertz CT molecular complexity index is 1060. The number of hydrogen-bond acceptors (Lipinski definition) is 4. The van der Waals surface area contributed by atoms with Crippen LogP contribution in [0.15, 0.2) is 53.7 Å².